The molecular formula is C27H20Cl3N3OS. The van der Waals surface area contributed by atoms with Crippen molar-refractivity contribution in [3.8, 4) is 0 Å². The number of rotatable bonds is 6. The van der Waals surface area contributed by atoms with E-state index in [1.807, 2.05) is 78.9 Å². The molecule has 4 nitrogen and oxygen atoms in total. The summed E-state index contributed by atoms with van der Waals surface area (Å²) in [6.45, 7) is 0. The van der Waals surface area contributed by atoms with Crippen LogP contribution in [0.4, 0.5) is 0 Å². The maximum absolute atomic E-state index is 13.5. The highest BCUT2D eigenvalue weighted by molar-refractivity contribution is 7.98. The third-order valence-corrected chi connectivity index (χ3v) is 7.29. The number of alkyl halides is 3. The molecule has 35 heavy (non-hydrogen) atoms. The summed E-state index contributed by atoms with van der Waals surface area (Å²) >= 11 is 21.0. The van der Waals surface area contributed by atoms with E-state index in [0.717, 1.165) is 27.4 Å². The minimum absolute atomic E-state index is 0.338. The second-order valence-electron chi connectivity index (χ2n) is 7.97. The van der Waals surface area contributed by atoms with Gasteiger partial charge in [-0.3, -0.25) is 9.36 Å². The van der Waals surface area contributed by atoms with E-state index < -0.39 is 9.96 Å². The first-order chi connectivity index (χ1) is 16.9. The quantitative estimate of drug-likeness (QED) is 0.177. The number of hydrogen-bond acceptors (Lipinski definition) is 3. The molecular weight excluding hydrogens is 521 g/mol. The molecule has 0 aliphatic heterocycles. The Kier molecular flexibility index (Phi) is 6.94. The standard InChI is InChI=1S/C27H20Cl3N3OS/c28-27(29,30)25(32-24(34)21-14-8-12-19-11-4-5-13-20(19)21)33-23-16-7-6-15-22(23)31-26(33)35-17-18-9-2-1-3-10-18/h1-16,25H,17H2,(H,32,34)/t25-/m0/s1. The largest absolute Gasteiger partial charge is 0.328 e. The fourth-order valence-corrected chi connectivity index (χ4v) is 5.46. The SMILES string of the molecule is O=C(N[C@@H](n1c(SCc2ccccc2)nc2ccccc21)C(Cl)(Cl)Cl)c1cccc2ccccc12. The maximum atomic E-state index is 13.5. The minimum atomic E-state index is -1.84. The summed E-state index contributed by atoms with van der Waals surface area (Å²) in [5.74, 6) is 0.337. The summed E-state index contributed by atoms with van der Waals surface area (Å²) in [7, 11) is 0. The Labute approximate surface area is 222 Å². The monoisotopic (exact) mass is 539 g/mol. The predicted molar refractivity (Wildman–Crippen MR) is 146 cm³/mol. The molecule has 8 heteroatoms. The number of nitrogens with one attached hydrogen (secondary N) is 1. The first kappa shape index (κ1) is 24.0. The van der Waals surface area contributed by atoms with Crippen LogP contribution in [0, 0.1) is 0 Å². The van der Waals surface area contributed by atoms with Crippen molar-refractivity contribution in [3.63, 3.8) is 0 Å². The number of hydrogen-bond donors (Lipinski definition) is 1. The van der Waals surface area contributed by atoms with Crippen LogP contribution in [0.25, 0.3) is 21.8 Å². The molecule has 0 saturated heterocycles. The lowest BCUT2D eigenvalue weighted by Gasteiger charge is -2.29. The van der Waals surface area contributed by atoms with E-state index in [1.54, 1.807) is 10.6 Å². The highest BCUT2D eigenvalue weighted by Crippen LogP contribution is 2.41. The van der Waals surface area contributed by atoms with Crippen molar-refractivity contribution < 1.29 is 4.79 Å². The molecule has 0 radical (unpaired) electrons. The molecule has 5 aromatic rings. The normalized spacial score (nSPS) is 12.7. The van der Waals surface area contributed by atoms with Gasteiger partial charge in [0.1, 0.15) is 0 Å². The Morgan fingerprint density at radius 3 is 2.37 bits per heavy atom. The first-order valence-corrected chi connectivity index (χ1v) is 13.0. The van der Waals surface area contributed by atoms with Gasteiger partial charge in [-0.25, -0.2) is 4.98 Å². The Morgan fingerprint density at radius 1 is 0.886 bits per heavy atom. The molecule has 1 atom stereocenters. The second-order valence-corrected chi connectivity index (χ2v) is 11.3. The average Bonchev–Trinajstić information content (AvgIpc) is 3.23. The highest BCUT2D eigenvalue weighted by atomic mass is 35.6. The van der Waals surface area contributed by atoms with Gasteiger partial charge in [0.2, 0.25) is 3.79 Å². The molecule has 176 valence electrons. The molecule has 0 fully saturated rings. The van der Waals surface area contributed by atoms with E-state index in [9.17, 15) is 4.79 Å². The minimum Gasteiger partial charge on any atom is -0.328 e. The fourth-order valence-electron chi connectivity index (χ4n) is 4.01. The first-order valence-electron chi connectivity index (χ1n) is 10.9. The number of fused-ring (bicyclic) bond motifs is 2. The van der Waals surface area contributed by atoms with Crippen LogP contribution < -0.4 is 5.32 Å². The molecule has 0 bridgehead atoms. The molecule has 1 amide bonds. The van der Waals surface area contributed by atoms with Crippen molar-refractivity contribution in [1.29, 1.82) is 0 Å². The number of aromatic nitrogens is 2. The van der Waals surface area contributed by atoms with Gasteiger partial charge in [-0.05, 0) is 34.5 Å². The van der Waals surface area contributed by atoms with E-state index in [2.05, 4.69) is 17.4 Å². The number of para-hydroxylation sites is 2. The zero-order chi connectivity index (χ0) is 24.4. The van der Waals surface area contributed by atoms with Gasteiger partial charge in [0.15, 0.2) is 11.3 Å². The van der Waals surface area contributed by atoms with Gasteiger partial charge in [-0.15, -0.1) is 0 Å². The van der Waals surface area contributed by atoms with Crippen molar-refractivity contribution in [2.75, 3.05) is 0 Å². The van der Waals surface area contributed by atoms with Crippen LogP contribution in [0.15, 0.2) is 102 Å². The summed E-state index contributed by atoms with van der Waals surface area (Å²) < 4.78 is -0.0370. The van der Waals surface area contributed by atoms with Gasteiger partial charge in [-0.1, -0.05) is 125 Å². The Morgan fingerprint density at radius 2 is 1.57 bits per heavy atom. The van der Waals surface area contributed by atoms with Crippen molar-refractivity contribution >= 4 is 74.3 Å². The average molecular weight is 541 g/mol. The van der Waals surface area contributed by atoms with Crippen LogP contribution in [0.2, 0.25) is 0 Å². The van der Waals surface area contributed by atoms with E-state index in [-0.39, 0.29) is 5.91 Å². The van der Waals surface area contributed by atoms with Crippen molar-refractivity contribution in [2.45, 2.75) is 20.9 Å². The molecule has 0 saturated carbocycles. The Bertz CT molecular complexity index is 1490. The number of imidazole rings is 1. The topological polar surface area (TPSA) is 46.9 Å². The number of halogens is 3. The number of thioether (sulfide) groups is 1. The Hall–Kier alpha value is -2.70. The van der Waals surface area contributed by atoms with E-state index >= 15 is 0 Å². The highest BCUT2D eigenvalue weighted by Gasteiger charge is 2.38. The van der Waals surface area contributed by atoms with E-state index in [1.165, 1.54) is 11.8 Å². The zero-order valence-corrected chi connectivity index (χ0v) is 21.5. The second kappa shape index (κ2) is 10.1. The molecule has 0 spiro atoms. The Balaban J connectivity index is 1.55. The van der Waals surface area contributed by atoms with Gasteiger partial charge in [0.25, 0.3) is 5.91 Å². The molecule has 0 aliphatic carbocycles. The summed E-state index contributed by atoms with van der Waals surface area (Å²) in [5.41, 5.74) is 3.16. The predicted octanol–water partition coefficient (Wildman–Crippen LogP) is 7.78. The number of amides is 1. The van der Waals surface area contributed by atoms with Gasteiger partial charge < -0.3 is 5.32 Å². The van der Waals surface area contributed by atoms with E-state index in [4.69, 9.17) is 39.8 Å². The summed E-state index contributed by atoms with van der Waals surface area (Å²) in [4.78, 5) is 18.3. The lowest BCUT2D eigenvalue weighted by atomic mass is 10.0. The summed E-state index contributed by atoms with van der Waals surface area (Å²) in [5, 5.41) is 5.40. The number of carbonyl (C=O) groups excluding carboxylic acids is 1. The molecule has 1 aromatic heterocycles. The zero-order valence-electron chi connectivity index (χ0n) is 18.4. The van der Waals surface area contributed by atoms with Crippen molar-refractivity contribution in [3.05, 3.63) is 108 Å². The smallest absolute Gasteiger partial charge is 0.253 e. The van der Waals surface area contributed by atoms with Crippen molar-refractivity contribution in [2.24, 2.45) is 0 Å². The van der Waals surface area contributed by atoms with Crippen LogP contribution in [-0.2, 0) is 5.75 Å². The lowest BCUT2D eigenvalue weighted by Crippen LogP contribution is -2.40. The van der Waals surface area contributed by atoms with Crippen LogP contribution >= 0.6 is 46.6 Å². The fraction of sp³-hybridized carbons (Fsp3) is 0.111. The summed E-state index contributed by atoms with van der Waals surface area (Å²) in [6, 6.07) is 30.9. The molecule has 1 heterocycles. The van der Waals surface area contributed by atoms with E-state index in [0.29, 0.717) is 16.5 Å². The van der Waals surface area contributed by atoms with Crippen LogP contribution in [0.1, 0.15) is 22.1 Å². The number of benzene rings is 4. The maximum Gasteiger partial charge on any atom is 0.253 e. The van der Waals surface area contributed by atoms with Gasteiger partial charge in [0.05, 0.1) is 11.0 Å². The lowest BCUT2D eigenvalue weighted by molar-refractivity contribution is 0.0921. The molecule has 4 aromatic carbocycles. The van der Waals surface area contributed by atoms with Gasteiger partial charge >= 0.3 is 0 Å². The number of carbonyl (C=O) groups is 1. The van der Waals surface area contributed by atoms with Crippen LogP contribution in [-0.4, -0.2) is 19.3 Å². The van der Waals surface area contributed by atoms with Gasteiger partial charge in [0, 0.05) is 11.3 Å². The molecule has 0 aliphatic rings. The third kappa shape index (κ3) is 5.14. The molecule has 1 N–H and O–H groups in total. The van der Waals surface area contributed by atoms with Gasteiger partial charge in [-0.2, -0.15) is 0 Å². The number of nitrogens with zero attached hydrogens (tertiary/aromatic N) is 2. The van der Waals surface area contributed by atoms with Crippen molar-refractivity contribution in [1.82, 2.24) is 14.9 Å². The van der Waals surface area contributed by atoms with Crippen LogP contribution in [0.5, 0.6) is 0 Å². The molecule has 5 rings (SSSR count). The molecule has 0 unspecified atom stereocenters. The third-order valence-electron chi connectivity index (χ3n) is 5.64. The summed E-state index contributed by atoms with van der Waals surface area (Å²) in [6.07, 6.45) is -0.996. The van der Waals surface area contributed by atoms with Crippen LogP contribution in [0.3, 0.4) is 0 Å².